The standard InChI is InChI=1S/C15H27N3O2/c1-5-19-12(15(2,3)4)13-17-14(20-18-13)11-9-7-6-8-10-16-11/h11-12,16H,5-10H2,1-4H3. The molecule has 2 unspecified atom stereocenters. The van der Waals surface area contributed by atoms with Gasteiger partial charge >= 0.3 is 0 Å². The Kier molecular flexibility index (Phi) is 5.16. The molecule has 0 spiro atoms. The lowest BCUT2D eigenvalue weighted by Gasteiger charge is -2.27. The maximum Gasteiger partial charge on any atom is 0.243 e. The van der Waals surface area contributed by atoms with Crippen LogP contribution in [0.25, 0.3) is 0 Å². The van der Waals surface area contributed by atoms with Crippen molar-refractivity contribution in [3.8, 4) is 0 Å². The molecule has 0 radical (unpaired) electrons. The molecule has 0 saturated carbocycles. The van der Waals surface area contributed by atoms with Crippen molar-refractivity contribution in [1.29, 1.82) is 0 Å². The van der Waals surface area contributed by atoms with Crippen LogP contribution in [-0.4, -0.2) is 23.3 Å². The van der Waals surface area contributed by atoms with E-state index >= 15 is 0 Å². The van der Waals surface area contributed by atoms with Crippen molar-refractivity contribution in [2.45, 2.75) is 65.5 Å². The summed E-state index contributed by atoms with van der Waals surface area (Å²) in [5.41, 5.74) is -0.0476. The number of nitrogens with zero attached hydrogens (tertiary/aromatic N) is 2. The first-order valence-electron chi connectivity index (χ1n) is 7.71. The summed E-state index contributed by atoms with van der Waals surface area (Å²) in [6.45, 7) is 10.1. The van der Waals surface area contributed by atoms with E-state index in [0.717, 1.165) is 13.0 Å². The van der Waals surface area contributed by atoms with E-state index in [-0.39, 0.29) is 17.6 Å². The van der Waals surface area contributed by atoms with E-state index in [9.17, 15) is 0 Å². The molecule has 1 aliphatic heterocycles. The molecule has 0 aromatic carbocycles. The summed E-state index contributed by atoms with van der Waals surface area (Å²) in [5, 5.41) is 7.64. The van der Waals surface area contributed by atoms with Crippen LogP contribution in [0, 0.1) is 5.41 Å². The number of nitrogens with one attached hydrogen (secondary N) is 1. The van der Waals surface area contributed by atoms with Gasteiger partial charge in [-0.1, -0.05) is 38.8 Å². The van der Waals surface area contributed by atoms with Crippen molar-refractivity contribution in [3.63, 3.8) is 0 Å². The van der Waals surface area contributed by atoms with Crippen LogP contribution in [0.4, 0.5) is 0 Å². The fraction of sp³-hybridized carbons (Fsp3) is 0.867. The maximum absolute atomic E-state index is 5.81. The highest BCUT2D eigenvalue weighted by atomic mass is 16.5. The van der Waals surface area contributed by atoms with Gasteiger partial charge in [0.1, 0.15) is 6.10 Å². The molecule has 20 heavy (non-hydrogen) atoms. The first kappa shape index (κ1) is 15.4. The molecule has 2 atom stereocenters. The normalized spacial score (nSPS) is 22.5. The first-order chi connectivity index (χ1) is 9.52. The zero-order valence-corrected chi connectivity index (χ0v) is 13.1. The third-order valence-corrected chi connectivity index (χ3v) is 3.67. The minimum atomic E-state index is -0.129. The molecule has 5 heteroatoms. The number of rotatable bonds is 4. The van der Waals surface area contributed by atoms with E-state index in [1.165, 1.54) is 19.3 Å². The van der Waals surface area contributed by atoms with Gasteiger partial charge in [0.2, 0.25) is 11.7 Å². The van der Waals surface area contributed by atoms with Crippen molar-refractivity contribution in [2.75, 3.05) is 13.2 Å². The van der Waals surface area contributed by atoms with Crippen LogP contribution in [-0.2, 0) is 4.74 Å². The van der Waals surface area contributed by atoms with Crippen LogP contribution >= 0.6 is 0 Å². The second kappa shape index (κ2) is 6.68. The monoisotopic (exact) mass is 281 g/mol. The minimum absolute atomic E-state index is 0.0476. The van der Waals surface area contributed by atoms with Crippen LogP contribution in [0.5, 0.6) is 0 Å². The minimum Gasteiger partial charge on any atom is -0.370 e. The zero-order valence-electron chi connectivity index (χ0n) is 13.1. The van der Waals surface area contributed by atoms with Gasteiger partial charge < -0.3 is 14.6 Å². The molecule has 1 fully saturated rings. The van der Waals surface area contributed by atoms with Crippen LogP contribution in [0.2, 0.25) is 0 Å². The Balaban J connectivity index is 2.13. The van der Waals surface area contributed by atoms with Crippen LogP contribution in [0.15, 0.2) is 4.52 Å². The highest BCUT2D eigenvalue weighted by molar-refractivity contribution is 4.99. The summed E-state index contributed by atoms with van der Waals surface area (Å²) in [6.07, 6.45) is 4.64. The molecular formula is C15H27N3O2. The highest BCUT2D eigenvalue weighted by Gasteiger charge is 2.32. The Morgan fingerprint density at radius 3 is 2.85 bits per heavy atom. The average molecular weight is 281 g/mol. The Morgan fingerprint density at radius 2 is 2.15 bits per heavy atom. The van der Waals surface area contributed by atoms with Gasteiger partial charge in [-0.2, -0.15) is 4.98 Å². The van der Waals surface area contributed by atoms with Crippen molar-refractivity contribution in [2.24, 2.45) is 5.41 Å². The Hall–Kier alpha value is -0.940. The molecule has 5 nitrogen and oxygen atoms in total. The molecule has 114 valence electrons. The van der Waals surface area contributed by atoms with E-state index in [2.05, 4.69) is 36.2 Å². The molecule has 1 aromatic heterocycles. The van der Waals surface area contributed by atoms with Crippen molar-refractivity contribution < 1.29 is 9.26 Å². The predicted molar refractivity (Wildman–Crippen MR) is 77.3 cm³/mol. The van der Waals surface area contributed by atoms with Crippen molar-refractivity contribution in [3.05, 3.63) is 11.7 Å². The number of ether oxygens (including phenoxy) is 1. The van der Waals surface area contributed by atoms with E-state index in [4.69, 9.17) is 9.26 Å². The van der Waals surface area contributed by atoms with Crippen LogP contribution in [0.1, 0.15) is 77.2 Å². The zero-order chi connectivity index (χ0) is 14.6. The summed E-state index contributed by atoms with van der Waals surface area (Å²) >= 11 is 0. The van der Waals surface area contributed by atoms with Gasteiger partial charge in [-0.3, -0.25) is 0 Å². The van der Waals surface area contributed by atoms with E-state index in [1.54, 1.807) is 0 Å². The molecule has 1 aliphatic rings. The molecule has 2 rings (SSSR count). The van der Waals surface area contributed by atoms with Gasteiger partial charge in [0.25, 0.3) is 0 Å². The van der Waals surface area contributed by atoms with Crippen molar-refractivity contribution in [1.82, 2.24) is 15.5 Å². The van der Waals surface area contributed by atoms with Gasteiger partial charge in [-0.05, 0) is 31.7 Å². The van der Waals surface area contributed by atoms with E-state index < -0.39 is 0 Å². The lowest BCUT2D eigenvalue weighted by Crippen LogP contribution is -2.23. The van der Waals surface area contributed by atoms with Gasteiger partial charge in [-0.25, -0.2) is 0 Å². The van der Waals surface area contributed by atoms with Crippen molar-refractivity contribution >= 4 is 0 Å². The molecular weight excluding hydrogens is 254 g/mol. The summed E-state index contributed by atoms with van der Waals surface area (Å²) in [7, 11) is 0. The quantitative estimate of drug-likeness (QED) is 0.916. The molecule has 1 saturated heterocycles. The summed E-state index contributed by atoms with van der Waals surface area (Å²) in [4.78, 5) is 4.60. The van der Waals surface area contributed by atoms with Crippen LogP contribution < -0.4 is 5.32 Å². The third-order valence-electron chi connectivity index (χ3n) is 3.67. The van der Waals surface area contributed by atoms with E-state index in [1.807, 2.05) is 6.92 Å². The first-order valence-corrected chi connectivity index (χ1v) is 7.71. The number of hydrogen-bond donors (Lipinski definition) is 1. The van der Waals surface area contributed by atoms with E-state index in [0.29, 0.717) is 18.3 Å². The highest BCUT2D eigenvalue weighted by Crippen LogP contribution is 2.35. The third kappa shape index (κ3) is 3.79. The molecule has 0 amide bonds. The summed E-state index contributed by atoms with van der Waals surface area (Å²) in [6, 6.07) is 0.195. The fourth-order valence-corrected chi connectivity index (χ4v) is 2.61. The summed E-state index contributed by atoms with van der Waals surface area (Å²) < 4.78 is 11.3. The van der Waals surface area contributed by atoms with Crippen LogP contribution in [0.3, 0.4) is 0 Å². The second-order valence-corrected chi connectivity index (χ2v) is 6.55. The SMILES string of the molecule is CCOC(c1noc(C2CCCCCN2)n1)C(C)(C)C. The van der Waals surface area contributed by atoms with Gasteiger partial charge in [0.15, 0.2) is 0 Å². The molecule has 1 aromatic rings. The largest absolute Gasteiger partial charge is 0.370 e. The molecule has 2 heterocycles. The number of aromatic nitrogens is 2. The maximum atomic E-state index is 5.81. The lowest BCUT2D eigenvalue weighted by atomic mass is 9.88. The fourth-order valence-electron chi connectivity index (χ4n) is 2.61. The smallest absolute Gasteiger partial charge is 0.243 e. The second-order valence-electron chi connectivity index (χ2n) is 6.55. The predicted octanol–water partition coefficient (Wildman–Crippen LogP) is 3.40. The Bertz CT molecular complexity index is 403. The Labute approximate surface area is 121 Å². The topological polar surface area (TPSA) is 60.2 Å². The van der Waals surface area contributed by atoms with Gasteiger partial charge in [0.05, 0.1) is 6.04 Å². The average Bonchev–Trinajstić information content (AvgIpc) is 2.69. The number of hydrogen-bond acceptors (Lipinski definition) is 5. The summed E-state index contributed by atoms with van der Waals surface area (Å²) in [5.74, 6) is 1.37. The molecule has 1 N–H and O–H groups in total. The van der Waals surface area contributed by atoms with Gasteiger partial charge in [0, 0.05) is 6.61 Å². The lowest BCUT2D eigenvalue weighted by molar-refractivity contribution is -0.0203. The van der Waals surface area contributed by atoms with Gasteiger partial charge in [-0.15, -0.1) is 0 Å². The molecule has 0 aliphatic carbocycles. The molecule has 0 bridgehead atoms. The Morgan fingerprint density at radius 1 is 1.35 bits per heavy atom.